The third kappa shape index (κ3) is 4.99. The summed E-state index contributed by atoms with van der Waals surface area (Å²) in [5.41, 5.74) is 4.28. The highest BCUT2D eigenvalue weighted by atomic mass is 16.8. The van der Waals surface area contributed by atoms with Crippen LogP contribution in [0.15, 0.2) is 47.6 Å². The van der Waals surface area contributed by atoms with Crippen molar-refractivity contribution in [2.24, 2.45) is 5.10 Å². The number of nitrogens with zero attached hydrogens (tertiary/aromatic N) is 3. The van der Waals surface area contributed by atoms with E-state index in [1.54, 1.807) is 26.4 Å². The maximum absolute atomic E-state index is 12.9. The third-order valence-electron chi connectivity index (χ3n) is 4.72. The van der Waals surface area contributed by atoms with Crippen molar-refractivity contribution in [2.75, 3.05) is 26.0 Å². The molecule has 1 amide bonds. The van der Waals surface area contributed by atoms with Gasteiger partial charge in [-0.3, -0.25) is 15.2 Å². The molecule has 0 saturated carbocycles. The quantitative estimate of drug-likeness (QED) is 0.695. The molecule has 0 aliphatic carbocycles. The van der Waals surface area contributed by atoms with E-state index in [1.807, 2.05) is 18.2 Å². The van der Waals surface area contributed by atoms with E-state index in [2.05, 4.69) is 5.10 Å². The number of benzene rings is 2. The summed E-state index contributed by atoms with van der Waals surface area (Å²) in [6, 6.07) is 12.1. The van der Waals surface area contributed by atoms with Gasteiger partial charge in [-0.2, -0.15) is 5.10 Å². The molecule has 2 aromatic carbocycles. The largest absolute Gasteiger partial charge is 0.380 e. The monoisotopic (exact) mass is 399 g/mol. The standard InChI is InChI=1S/C21H25N3O5/c1-28-13-17-9-8-15(11-18(17)14-29-2)20-7-4-10-23(22-20)21(25)16-5-3-6-19(12-16)24(26)27/h3,5-6,8-9,11-12,26-27H,4,7,10,13-14H2,1-2H3. The average Bonchev–Trinajstić information content (AvgIpc) is 2.75. The van der Waals surface area contributed by atoms with Gasteiger partial charge < -0.3 is 9.47 Å². The number of hydrogen-bond acceptors (Lipinski definition) is 7. The van der Waals surface area contributed by atoms with Crippen LogP contribution in [-0.4, -0.2) is 47.8 Å². The Morgan fingerprint density at radius 3 is 2.59 bits per heavy atom. The molecule has 1 aliphatic rings. The zero-order valence-electron chi connectivity index (χ0n) is 16.5. The molecule has 0 aromatic heterocycles. The molecule has 8 heteroatoms. The molecule has 0 fully saturated rings. The lowest BCUT2D eigenvalue weighted by atomic mass is 9.99. The average molecular weight is 399 g/mol. The summed E-state index contributed by atoms with van der Waals surface area (Å²) >= 11 is 0. The first-order valence-electron chi connectivity index (χ1n) is 9.31. The number of hydrogen-bond donors (Lipinski definition) is 2. The topological polar surface area (TPSA) is 94.8 Å². The molecule has 29 heavy (non-hydrogen) atoms. The Kier molecular flexibility index (Phi) is 6.95. The Hall–Kier alpha value is -2.78. The maximum Gasteiger partial charge on any atom is 0.274 e. The van der Waals surface area contributed by atoms with E-state index in [9.17, 15) is 15.2 Å². The summed E-state index contributed by atoms with van der Waals surface area (Å²) in [5, 5.41) is 24.3. The van der Waals surface area contributed by atoms with Gasteiger partial charge in [0.05, 0.1) is 24.6 Å². The number of carbonyl (C=O) groups excluding carboxylic acids is 1. The summed E-state index contributed by atoms with van der Waals surface area (Å²) in [5.74, 6) is -0.293. The number of carbonyl (C=O) groups is 1. The summed E-state index contributed by atoms with van der Waals surface area (Å²) < 4.78 is 10.5. The number of anilines is 1. The van der Waals surface area contributed by atoms with Gasteiger partial charge in [0.1, 0.15) is 0 Å². The van der Waals surface area contributed by atoms with Crippen LogP contribution in [0.25, 0.3) is 0 Å². The highest BCUT2D eigenvalue weighted by molar-refractivity contribution is 6.03. The molecule has 0 radical (unpaired) electrons. The van der Waals surface area contributed by atoms with Crippen LogP contribution in [-0.2, 0) is 22.7 Å². The predicted octanol–water partition coefficient (Wildman–Crippen LogP) is 3.20. The molecule has 154 valence electrons. The van der Waals surface area contributed by atoms with E-state index in [-0.39, 0.29) is 16.8 Å². The van der Waals surface area contributed by atoms with Crippen molar-refractivity contribution in [3.63, 3.8) is 0 Å². The van der Waals surface area contributed by atoms with Crippen LogP contribution in [0.2, 0.25) is 0 Å². The van der Waals surface area contributed by atoms with Crippen molar-refractivity contribution in [1.82, 2.24) is 5.01 Å². The van der Waals surface area contributed by atoms with Gasteiger partial charge in [-0.25, -0.2) is 5.01 Å². The zero-order valence-corrected chi connectivity index (χ0v) is 16.5. The zero-order chi connectivity index (χ0) is 20.8. The molecule has 0 unspecified atom stereocenters. The van der Waals surface area contributed by atoms with Crippen LogP contribution < -0.4 is 5.23 Å². The summed E-state index contributed by atoms with van der Waals surface area (Å²) in [6.07, 6.45) is 1.55. The molecule has 3 rings (SSSR count). The molecule has 1 aliphatic heterocycles. The number of hydrazone groups is 1. The van der Waals surface area contributed by atoms with Crippen molar-refractivity contribution in [2.45, 2.75) is 26.1 Å². The van der Waals surface area contributed by atoms with Crippen molar-refractivity contribution in [1.29, 1.82) is 0 Å². The first-order chi connectivity index (χ1) is 14.0. The number of amides is 1. The second kappa shape index (κ2) is 9.62. The Morgan fingerprint density at radius 1 is 1.10 bits per heavy atom. The van der Waals surface area contributed by atoms with Crippen molar-refractivity contribution >= 4 is 17.3 Å². The SMILES string of the molecule is COCc1ccc(C2=NN(C(=O)c3cccc(N(O)O)c3)CCC2)cc1COC. The summed E-state index contributed by atoms with van der Waals surface area (Å²) in [6.45, 7) is 1.47. The van der Waals surface area contributed by atoms with E-state index in [0.717, 1.165) is 35.2 Å². The van der Waals surface area contributed by atoms with Crippen molar-refractivity contribution in [3.05, 3.63) is 64.7 Å². The molecule has 2 N–H and O–H groups in total. The van der Waals surface area contributed by atoms with Gasteiger partial charge in [0.25, 0.3) is 5.91 Å². The van der Waals surface area contributed by atoms with Gasteiger partial charge in [0, 0.05) is 26.3 Å². The minimum Gasteiger partial charge on any atom is -0.380 e. The molecule has 0 saturated heterocycles. The van der Waals surface area contributed by atoms with Crippen LogP contribution in [0.5, 0.6) is 0 Å². The Balaban J connectivity index is 1.87. The van der Waals surface area contributed by atoms with E-state index < -0.39 is 0 Å². The van der Waals surface area contributed by atoms with Gasteiger partial charge in [-0.05, 0) is 53.8 Å². The number of rotatable bonds is 7. The Morgan fingerprint density at radius 2 is 1.86 bits per heavy atom. The summed E-state index contributed by atoms with van der Waals surface area (Å²) in [4.78, 5) is 12.9. The van der Waals surface area contributed by atoms with Gasteiger partial charge >= 0.3 is 0 Å². The smallest absolute Gasteiger partial charge is 0.274 e. The van der Waals surface area contributed by atoms with Gasteiger partial charge in [0.2, 0.25) is 0 Å². The van der Waals surface area contributed by atoms with Crippen molar-refractivity contribution in [3.8, 4) is 0 Å². The second-order valence-electron chi connectivity index (χ2n) is 6.77. The van der Waals surface area contributed by atoms with Crippen molar-refractivity contribution < 1.29 is 24.7 Å². The van der Waals surface area contributed by atoms with Crippen LogP contribution in [0.1, 0.15) is 39.9 Å². The Labute approximate surface area is 169 Å². The molecule has 8 nitrogen and oxygen atoms in total. The van der Waals surface area contributed by atoms with Crippen LogP contribution >= 0.6 is 0 Å². The number of methoxy groups -OCH3 is 2. The molecule has 2 aromatic rings. The predicted molar refractivity (Wildman–Crippen MR) is 107 cm³/mol. The van der Waals surface area contributed by atoms with Crippen LogP contribution in [0, 0.1) is 0 Å². The third-order valence-corrected chi connectivity index (χ3v) is 4.72. The lowest BCUT2D eigenvalue weighted by molar-refractivity contribution is 0.0291. The Bertz CT molecular complexity index is 898. The van der Waals surface area contributed by atoms with Gasteiger partial charge in [0.15, 0.2) is 0 Å². The molecule has 0 bridgehead atoms. The highest BCUT2D eigenvalue weighted by Gasteiger charge is 2.21. The first-order valence-corrected chi connectivity index (χ1v) is 9.31. The van der Waals surface area contributed by atoms with Crippen LogP contribution in [0.3, 0.4) is 0 Å². The normalized spacial score (nSPS) is 13.9. The summed E-state index contributed by atoms with van der Waals surface area (Å²) in [7, 11) is 3.30. The molecular formula is C21H25N3O5. The first kappa shape index (κ1) is 20.9. The molecule has 0 spiro atoms. The second-order valence-corrected chi connectivity index (χ2v) is 6.77. The maximum atomic E-state index is 12.9. The minimum absolute atomic E-state index is 0.0133. The molecular weight excluding hydrogens is 374 g/mol. The van der Waals surface area contributed by atoms with Gasteiger partial charge in [-0.1, -0.05) is 18.2 Å². The van der Waals surface area contributed by atoms with E-state index in [4.69, 9.17) is 9.47 Å². The fourth-order valence-corrected chi connectivity index (χ4v) is 3.29. The lowest BCUT2D eigenvalue weighted by Gasteiger charge is -2.24. The van der Waals surface area contributed by atoms with E-state index >= 15 is 0 Å². The molecule has 1 heterocycles. The number of ether oxygens (including phenoxy) is 2. The lowest BCUT2D eigenvalue weighted by Crippen LogP contribution is -2.32. The fraction of sp³-hybridized carbons (Fsp3) is 0.333. The fourth-order valence-electron chi connectivity index (χ4n) is 3.29. The van der Waals surface area contributed by atoms with E-state index in [0.29, 0.717) is 25.3 Å². The highest BCUT2D eigenvalue weighted by Crippen LogP contribution is 2.21. The van der Waals surface area contributed by atoms with Crippen LogP contribution in [0.4, 0.5) is 5.69 Å². The molecule has 0 atom stereocenters. The van der Waals surface area contributed by atoms with Gasteiger partial charge in [-0.15, -0.1) is 5.23 Å². The van der Waals surface area contributed by atoms with E-state index in [1.165, 1.54) is 17.1 Å². The minimum atomic E-state index is -0.293.